The summed E-state index contributed by atoms with van der Waals surface area (Å²) < 4.78 is 5.07. The molecule has 0 bridgehead atoms. The van der Waals surface area contributed by atoms with E-state index in [0.717, 1.165) is 0 Å². The van der Waals surface area contributed by atoms with Crippen molar-refractivity contribution in [3.63, 3.8) is 0 Å². The van der Waals surface area contributed by atoms with Crippen LogP contribution in [0.15, 0.2) is 18.3 Å². The van der Waals surface area contributed by atoms with Crippen molar-refractivity contribution in [2.75, 3.05) is 14.1 Å². The summed E-state index contributed by atoms with van der Waals surface area (Å²) in [6.07, 6.45) is 1.07. The first-order valence-electron chi connectivity index (χ1n) is 5.54. The van der Waals surface area contributed by atoms with Crippen LogP contribution in [0.4, 0.5) is 4.79 Å². The molecule has 0 aromatic carbocycles. The fourth-order valence-corrected chi connectivity index (χ4v) is 1.26. The van der Waals surface area contributed by atoms with Gasteiger partial charge in [0.05, 0.1) is 0 Å². The molecule has 0 saturated heterocycles. The van der Waals surface area contributed by atoms with E-state index in [4.69, 9.17) is 10.5 Å². The van der Waals surface area contributed by atoms with Crippen molar-refractivity contribution >= 4 is 11.9 Å². The number of hydrogen-bond acceptors (Lipinski definition) is 5. The van der Waals surface area contributed by atoms with Crippen LogP contribution >= 0.6 is 0 Å². The third kappa shape index (κ3) is 3.81. The monoisotopic (exact) mass is 251 g/mol. The fourth-order valence-electron chi connectivity index (χ4n) is 1.26. The van der Waals surface area contributed by atoms with Gasteiger partial charge in [-0.05, 0) is 19.1 Å². The Balaban J connectivity index is 2.92. The van der Waals surface area contributed by atoms with Crippen molar-refractivity contribution in [2.24, 2.45) is 5.73 Å². The topological polar surface area (TPSA) is 85.5 Å². The molecule has 18 heavy (non-hydrogen) atoms. The number of nitrogens with two attached hydrogens (primary N) is 1. The van der Waals surface area contributed by atoms with E-state index in [1.54, 1.807) is 27.1 Å². The number of carbonyl (C=O) groups is 2. The molecule has 0 radical (unpaired) electrons. The lowest BCUT2D eigenvalue weighted by Gasteiger charge is -2.13. The molecule has 2 N–H and O–H groups in total. The Morgan fingerprint density at radius 2 is 2.17 bits per heavy atom. The van der Waals surface area contributed by atoms with E-state index in [2.05, 4.69) is 4.98 Å². The highest BCUT2D eigenvalue weighted by molar-refractivity contribution is 5.97. The molecular weight excluding hydrogens is 234 g/mol. The van der Waals surface area contributed by atoms with Gasteiger partial charge in [0.15, 0.2) is 11.5 Å². The molecule has 98 valence electrons. The molecule has 0 aliphatic heterocycles. The van der Waals surface area contributed by atoms with Gasteiger partial charge in [0.2, 0.25) is 0 Å². The van der Waals surface area contributed by atoms with E-state index in [1.165, 1.54) is 17.2 Å². The molecule has 0 spiro atoms. The van der Waals surface area contributed by atoms with Crippen LogP contribution in [0, 0.1) is 0 Å². The highest BCUT2D eigenvalue weighted by Gasteiger charge is 2.18. The quantitative estimate of drug-likeness (QED) is 0.809. The maximum atomic E-state index is 11.9. The van der Waals surface area contributed by atoms with Crippen molar-refractivity contribution in [1.29, 1.82) is 0 Å². The largest absolute Gasteiger partial charge is 0.414 e. The van der Waals surface area contributed by atoms with Crippen LogP contribution in [0.5, 0.6) is 5.75 Å². The average Bonchev–Trinajstić information content (AvgIpc) is 2.28. The maximum absolute atomic E-state index is 11.9. The predicted octanol–water partition coefficient (Wildman–Crippen LogP) is 1.06. The minimum Gasteiger partial charge on any atom is -0.408 e. The smallest absolute Gasteiger partial charge is 0.408 e. The summed E-state index contributed by atoms with van der Waals surface area (Å²) in [7, 11) is 3.12. The molecule has 1 amide bonds. The van der Waals surface area contributed by atoms with Crippen LogP contribution in [-0.4, -0.2) is 41.9 Å². The molecule has 1 aromatic rings. The van der Waals surface area contributed by atoms with Gasteiger partial charge in [0.25, 0.3) is 0 Å². The van der Waals surface area contributed by atoms with Crippen LogP contribution in [0.25, 0.3) is 0 Å². The second kappa shape index (κ2) is 6.11. The van der Waals surface area contributed by atoms with Gasteiger partial charge in [-0.3, -0.25) is 4.79 Å². The van der Waals surface area contributed by atoms with Gasteiger partial charge in [-0.25, -0.2) is 9.78 Å². The summed E-state index contributed by atoms with van der Waals surface area (Å²) >= 11 is 0. The number of aromatic nitrogens is 1. The Bertz CT molecular complexity index is 444. The fraction of sp³-hybridized carbons (Fsp3) is 0.417. The summed E-state index contributed by atoms with van der Waals surface area (Å²) in [5, 5.41) is 0. The van der Waals surface area contributed by atoms with Crippen molar-refractivity contribution in [1.82, 2.24) is 9.88 Å². The van der Waals surface area contributed by atoms with E-state index in [1.807, 2.05) is 0 Å². The summed E-state index contributed by atoms with van der Waals surface area (Å²) in [6, 6.07) is 2.86. The number of amides is 1. The van der Waals surface area contributed by atoms with E-state index >= 15 is 0 Å². The molecule has 6 nitrogen and oxygen atoms in total. The molecular formula is C12H17N3O3. The predicted molar refractivity (Wildman–Crippen MR) is 66.5 cm³/mol. The number of hydrogen-bond donors (Lipinski definition) is 1. The van der Waals surface area contributed by atoms with Crippen molar-refractivity contribution in [3.8, 4) is 5.75 Å². The second-order valence-electron chi connectivity index (χ2n) is 4.22. The van der Waals surface area contributed by atoms with E-state index in [9.17, 15) is 9.59 Å². The molecule has 1 unspecified atom stereocenters. The van der Waals surface area contributed by atoms with Crippen molar-refractivity contribution in [3.05, 3.63) is 24.0 Å². The molecule has 0 fully saturated rings. The Morgan fingerprint density at radius 1 is 1.50 bits per heavy atom. The minimum absolute atomic E-state index is 0.130. The van der Waals surface area contributed by atoms with Crippen LogP contribution in [0.2, 0.25) is 0 Å². The average molecular weight is 251 g/mol. The zero-order valence-electron chi connectivity index (χ0n) is 10.7. The normalized spacial score (nSPS) is 11.8. The Kier molecular flexibility index (Phi) is 4.79. The third-order valence-corrected chi connectivity index (χ3v) is 2.10. The van der Waals surface area contributed by atoms with Crippen molar-refractivity contribution in [2.45, 2.75) is 19.4 Å². The van der Waals surface area contributed by atoms with Crippen LogP contribution in [0.1, 0.15) is 23.8 Å². The third-order valence-electron chi connectivity index (χ3n) is 2.10. The Labute approximate surface area is 106 Å². The molecule has 0 saturated carbocycles. The molecule has 0 aliphatic carbocycles. The Hall–Kier alpha value is -1.95. The summed E-state index contributed by atoms with van der Waals surface area (Å²) in [5.74, 6) is -0.0889. The van der Waals surface area contributed by atoms with Gasteiger partial charge < -0.3 is 15.4 Å². The number of nitrogens with zero attached hydrogens (tertiary/aromatic N) is 2. The van der Waals surface area contributed by atoms with E-state index < -0.39 is 6.09 Å². The SMILES string of the molecule is CC(N)CC(=O)c1ncccc1OC(=O)N(C)C. The van der Waals surface area contributed by atoms with Crippen LogP contribution < -0.4 is 10.5 Å². The number of rotatable bonds is 4. The van der Waals surface area contributed by atoms with Gasteiger partial charge in [-0.1, -0.05) is 0 Å². The van der Waals surface area contributed by atoms with Crippen LogP contribution in [0.3, 0.4) is 0 Å². The van der Waals surface area contributed by atoms with E-state index in [0.29, 0.717) is 0 Å². The standard InChI is InChI=1S/C12H17N3O3/c1-8(13)7-9(16)11-10(5-4-6-14-11)18-12(17)15(2)3/h4-6,8H,7,13H2,1-3H3. The first kappa shape index (κ1) is 14.1. The molecule has 1 atom stereocenters. The molecule has 1 heterocycles. The van der Waals surface area contributed by atoms with E-state index in [-0.39, 0.29) is 29.7 Å². The van der Waals surface area contributed by atoms with Gasteiger partial charge in [0.1, 0.15) is 5.69 Å². The lowest BCUT2D eigenvalue weighted by atomic mass is 10.1. The second-order valence-corrected chi connectivity index (χ2v) is 4.22. The number of pyridine rings is 1. The summed E-state index contributed by atoms with van der Waals surface area (Å²) in [6.45, 7) is 1.73. The summed E-state index contributed by atoms with van der Waals surface area (Å²) in [5.41, 5.74) is 5.70. The van der Waals surface area contributed by atoms with Gasteiger partial charge in [-0.15, -0.1) is 0 Å². The highest BCUT2D eigenvalue weighted by Crippen LogP contribution is 2.18. The number of carbonyl (C=O) groups excluding carboxylic acids is 2. The first-order chi connectivity index (χ1) is 8.41. The lowest BCUT2D eigenvalue weighted by Crippen LogP contribution is -2.26. The molecule has 0 aliphatic rings. The Morgan fingerprint density at radius 3 is 2.72 bits per heavy atom. The molecule has 6 heteroatoms. The van der Waals surface area contributed by atoms with Crippen molar-refractivity contribution < 1.29 is 14.3 Å². The number of Topliss-reactive ketones (excluding diaryl/α,β-unsaturated/α-hetero) is 1. The minimum atomic E-state index is -0.558. The maximum Gasteiger partial charge on any atom is 0.414 e. The summed E-state index contributed by atoms with van der Waals surface area (Å²) in [4.78, 5) is 28.5. The zero-order valence-corrected chi connectivity index (χ0v) is 10.7. The van der Waals surface area contributed by atoms with Gasteiger partial charge in [-0.2, -0.15) is 0 Å². The number of ketones is 1. The number of ether oxygens (including phenoxy) is 1. The molecule has 1 rings (SSSR count). The van der Waals surface area contributed by atoms with Crippen LogP contribution in [-0.2, 0) is 0 Å². The highest BCUT2D eigenvalue weighted by atomic mass is 16.6. The van der Waals surface area contributed by atoms with Gasteiger partial charge >= 0.3 is 6.09 Å². The zero-order chi connectivity index (χ0) is 13.7. The van der Waals surface area contributed by atoms with Gasteiger partial charge in [0, 0.05) is 32.8 Å². The first-order valence-corrected chi connectivity index (χ1v) is 5.54. The molecule has 1 aromatic heterocycles. The lowest BCUT2D eigenvalue weighted by molar-refractivity contribution is 0.0968.